The van der Waals surface area contributed by atoms with Crippen LogP contribution >= 0.6 is 0 Å². The average Bonchev–Trinajstić information content (AvgIpc) is 4.10. The number of benzene rings is 2. The first-order valence-corrected chi connectivity index (χ1v) is 23.2. The van der Waals surface area contributed by atoms with E-state index in [1.165, 1.54) is 34.1 Å². The van der Waals surface area contributed by atoms with Crippen LogP contribution in [0.2, 0.25) is 0 Å². The van der Waals surface area contributed by atoms with Crippen molar-refractivity contribution in [2.75, 3.05) is 47.9 Å². The van der Waals surface area contributed by atoms with Gasteiger partial charge in [0, 0.05) is 38.1 Å². The first-order chi connectivity index (χ1) is 33.2. The number of rotatable bonds is 12. The van der Waals surface area contributed by atoms with Crippen LogP contribution in [-0.2, 0) is 25.4 Å². The second-order valence-electron chi connectivity index (χ2n) is 18.8. The zero-order valence-corrected chi connectivity index (χ0v) is 38.9. The summed E-state index contributed by atoms with van der Waals surface area (Å²) in [5, 5.41) is 35.1. The van der Waals surface area contributed by atoms with Gasteiger partial charge in [0.15, 0.2) is 0 Å². The van der Waals surface area contributed by atoms with Crippen LogP contribution in [0.3, 0.4) is 0 Å². The predicted molar refractivity (Wildman–Crippen MR) is 250 cm³/mol. The van der Waals surface area contributed by atoms with Crippen LogP contribution in [0.5, 0.6) is 0 Å². The molecule has 4 aliphatic heterocycles. The molecule has 2 aromatic heterocycles. The Labute approximate surface area is 399 Å². The molecule has 4 aromatic rings. The number of hydrogen-bond acceptors (Lipinski definition) is 14. The molecule has 6 aliphatic rings. The number of aliphatic hydroxyl groups is 2. The van der Waals surface area contributed by atoms with Gasteiger partial charge >= 0.3 is 12.4 Å². The number of anilines is 4. The predicted octanol–water partition coefficient (Wildman–Crippen LogP) is 6.99. The number of carbonyl (C=O) groups is 2. The highest BCUT2D eigenvalue weighted by atomic mass is 19.4. The van der Waals surface area contributed by atoms with E-state index in [-0.39, 0.29) is 70.9 Å². The summed E-state index contributed by atoms with van der Waals surface area (Å²) in [7, 11) is 3.87. The summed E-state index contributed by atoms with van der Waals surface area (Å²) >= 11 is 0. The normalized spacial score (nSPS) is 22.5. The average molecular weight is 977 g/mol. The molecule has 0 radical (unpaired) electrons. The molecule has 2 aromatic carbocycles. The van der Waals surface area contributed by atoms with Crippen molar-refractivity contribution in [3.05, 3.63) is 105 Å². The van der Waals surface area contributed by atoms with E-state index in [9.17, 15) is 46.1 Å². The Balaban J connectivity index is 0.000000174. The van der Waals surface area contributed by atoms with Crippen LogP contribution < -0.4 is 31.3 Å². The van der Waals surface area contributed by atoms with E-state index >= 15 is 0 Å². The van der Waals surface area contributed by atoms with Gasteiger partial charge in [0.2, 0.25) is 0 Å². The highest BCUT2D eigenvalue weighted by Crippen LogP contribution is 2.41. The lowest BCUT2D eigenvalue weighted by molar-refractivity contribution is -0.139. The molecular weight excluding hydrogens is 923 g/mol. The fourth-order valence-corrected chi connectivity index (χ4v) is 9.32. The van der Waals surface area contributed by atoms with Crippen molar-refractivity contribution in [3.8, 4) is 0 Å². The second kappa shape index (κ2) is 18.9. The van der Waals surface area contributed by atoms with Crippen LogP contribution in [0, 0.1) is 0 Å². The van der Waals surface area contributed by atoms with E-state index in [2.05, 4.69) is 41.7 Å². The van der Waals surface area contributed by atoms with Crippen molar-refractivity contribution in [1.29, 1.82) is 0 Å². The molecule has 372 valence electrons. The maximum atomic E-state index is 13.6. The van der Waals surface area contributed by atoms with Gasteiger partial charge in [-0.25, -0.2) is 9.97 Å². The van der Waals surface area contributed by atoms with Crippen LogP contribution in [0.15, 0.2) is 70.9 Å². The number of aromatic nitrogens is 2. The number of amides is 2. The maximum absolute atomic E-state index is 13.6. The molecular formula is C48H54F6N12O4. The molecule has 16 nitrogen and oxygen atoms in total. The zero-order chi connectivity index (χ0) is 49.8. The standard InChI is InChI=1S/2C24H27F3N6O2/c2*1-13(8-22-31-28-12-32(22)2)14-9-20(29-18-6-7-19(18)34)30-21(10-14)33-11-16-15(23(33)35)4-3-5-17(16)24(25,26)27/h2*3-5,9-10,13,18-19,28,34H,6-8,11-12H2,1-2H3,(H,29,30)/t13-,18+,19-;13-,18-,19+/m11/s1. The monoisotopic (exact) mass is 976 g/mol. The second-order valence-corrected chi connectivity index (χ2v) is 18.8. The molecule has 2 aliphatic carbocycles. The Morgan fingerprint density at radius 1 is 0.643 bits per heavy atom. The van der Waals surface area contributed by atoms with Crippen molar-refractivity contribution >= 4 is 46.8 Å². The van der Waals surface area contributed by atoms with Gasteiger partial charge in [0.05, 0.1) is 48.5 Å². The molecule has 2 saturated carbocycles. The Bertz CT molecular complexity index is 2550. The highest BCUT2D eigenvalue weighted by Gasteiger charge is 2.42. The number of carbonyl (C=O) groups excluding carboxylic acids is 2. The van der Waals surface area contributed by atoms with Crippen LogP contribution in [-0.4, -0.2) is 105 Å². The number of hydrogen-bond donors (Lipinski definition) is 6. The van der Waals surface area contributed by atoms with E-state index in [1.807, 2.05) is 49.9 Å². The lowest BCUT2D eigenvalue weighted by Crippen LogP contribution is -2.43. The van der Waals surface area contributed by atoms with Gasteiger partial charge in [0.25, 0.3) is 11.8 Å². The topological polar surface area (TPSA) is 186 Å². The van der Waals surface area contributed by atoms with E-state index < -0.39 is 47.5 Å². The number of pyridine rings is 2. The summed E-state index contributed by atoms with van der Waals surface area (Å²) in [5.74, 6) is 2.26. The quantitative estimate of drug-likeness (QED) is 0.0801. The molecule has 0 saturated heterocycles. The summed E-state index contributed by atoms with van der Waals surface area (Å²) in [5.41, 5.74) is 6.01. The first kappa shape index (κ1) is 48.3. The minimum atomic E-state index is -4.55. The van der Waals surface area contributed by atoms with Gasteiger partial charge in [-0.05, 0) is 108 Å². The molecule has 0 spiro atoms. The Morgan fingerprint density at radius 2 is 1.04 bits per heavy atom. The molecule has 0 bridgehead atoms. The summed E-state index contributed by atoms with van der Waals surface area (Å²) in [4.78, 5) is 42.0. The van der Waals surface area contributed by atoms with Crippen molar-refractivity contribution < 1.29 is 46.1 Å². The maximum Gasteiger partial charge on any atom is 0.416 e. The number of aliphatic hydroxyl groups excluding tert-OH is 2. The van der Waals surface area contributed by atoms with E-state index in [4.69, 9.17) is 0 Å². The van der Waals surface area contributed by atoms with Gasteiger partial charge in [-0.2, -0.15) is 36.5 Å². The largest absolute Gasteiger partial charge is 0.416 e. The highest BCUT2D eigenvalue weighted by molar-refractivity contribution is 6.10. The van der Waals surface area contributed by atoms with E-state index in [0.717, 1.165) is 47.8 Å². The number of alkyl halides is 6. The number of halogens is 6. The van der Waals surface area contributed by atoms with E-state index in [1.54, 1.807) is 12.1 Å². The molecule has 10 rings (SSSR count). The molecule has 2 fully saturated rings. The molecule has 2 amide bonds. The molecule has 6 atom stereocenters. The lowest BCUT2D eigenvalue weighted by Gasteiger charge is -2.33. The van der Waals surface area contributed by atoms with Crippen LogP contribution in [0.25, 0.3) is 0 Å². The third-order valence-corrected chi connectivity index (χ3v) is 13.9. The number of fused-ring (bicyclic) bond motifs is 2. The number of amidine groups is 2. The Hall–Kier alpha value is -6.68. The lowest BCUT2D eigenvalue weighted by atomic mass is 9.89. The number of hydrazone groups is 2. The fourth-order valence-electron chi connectivity index (χ4n) is 9.32. The minimum absolute atomic E-state index is 0.00414. The van der Waals surface area contributed by atoms with Crippen molar-refractivity contribution in [2.24, 2.45) is 10.2 Å². The molecule has 22 heteroatoms. The van der Waals surface area contributed by atoms with Gasteiger partial charge < -0.3 is 30.6 Å². The van der Waals surface area contributed by atoms with Gasteiger partial charge in [-0.15, -0.1) is 0 Å². The fraction of sp³-hybridized carbons (Fsp3) is 0.458. The van der Waals surface area contributed by atoms with Gasteiger partial charge in [-0.1, -0.05) is 26.0 Å². The van der Waals surface area contributed by atoms with Gasteiger partial charge in [0.1, 0.15) is 48.3 Å². The van der Waals surface area contributed by atoms with E-state index in [0.29, 0.717) is 50.7 Å². The van der Waals surface area contributed by atoms with Crippen molar-refractivity contribution in [1.82, 2.24) is 30.6 Å². The van der Waals surface area contributed by atoms with Gasteiger partial charge in [-0.3, -0.25) is 30.2 Å². The Morgan fingerprint density at radius 3 is 1.36 bits per heavy atom. The summed E-state index contributed by atoms with van der Waals surface area (Å²) in [6, 6.07) is 14.3. The molecule has 6 N–H and O–H groups in total. The summed E-state index contributed by atoms with van der Waals surface area (Å²) < 4.78 is 81.5. The number of nitrogens with zero attached hydrogens (tertiary/aromatic N) is 8. The molecule has 70 heavy (non-hydrogen) atoms. The Kier molecular flexibility index (Phi) is 13.1. The first-order valence-electron chi connectivity index (χ1n) is 23.2. The van der Waals surface area contributed by atoms with Crippen molar-refractivity contribution in [2.45, 2.75) is 114 Å². The van der Waals surface area contributed by atoms with Crippen LogP contribution in [0.4, 0.5) is 49.6 Å². The third-order valence-electron chi connectivity index (χ3n) is 13.9. The molecule has 6 heterocycles. The summed E-state index contributed by atoms with van der Waals surface area (Å²) in [6.45, 7) is 4.88. The smallest absolute Gasteiger partial charge is 0.391 e. The zero-order valence-electron chi connectivity index (χ0n) is 38.9. The SMILES string of the molecule is C[C@H](CC1=NNCN1C)c1cc(N[C@@H]2CC[C@@H]2O)nc(N2Cc3c(cccc3C(F)(F)F)C2=O)c1.C[C@H](CC1=NNCN1C)c1cc(N[C@H]2CC[C@H]2O)nc(N2Cc3c(cccc3C(F)(F)F)C2=O)c1. The third kappa shape index (κ3) is 9.74. The summed E-state index contributed by atoms with van der Waals surface area (Å²) in [6.07, 6.45) is -5.86. The minimum Gasteiger partial charge on any atom is -0.391 e. The van der Waals surface area contributed by atoms with Crippen molar-refractivity contribution in [3.63, 3.8) is 0 Å². The molecule has 0 unspecified atom stereocenters. The van der Waals surface area contributed by atoms with Crippen LogP contribution in [0.1, 0.15) is 118 Å². The number of nitrogens with one attached hydrogen (secondary N) is 4.